The first-order chi connectivity index (χ1) is 17.5. The summed E-state index contributed by atoms with van der Waals surface area (Å²) >= 11 is 0. The van der Waals surface area contributed by atoms with Gasteiger partial charge in [-0.2, -0.15) is 0 Å². The Kier molecular flexibility index (Phi) is 6.69. The van der Waals surface area contributed by atoms with Crippen LogP contribution in [-0.4, -0.2) is 35.4 Å². The normalized spacial score (nSPS) is 21.6. The minimum Gasteiger partial charge on any atom is -0.508 e. The summed E-state index contributed by atoms with van der Waals surface area (Å²) in [6, 6.07) is 28.5. The maximum absolute atomic E-state index is 13.0. The quantitative estimate of drug-likeness (QED) is 0.360. The molecule has 0 saturated carbocycles. The molecule has 1 fully saturated rings. The molecule has 0 aliphatic carbocycles. The molecular weight excluding hydrogens is 456 g/mol. The highest BCUT2D eigenvalue weighted by Gasteiger charge is 2.43. The Morgan fingerprint density at radius 3 is 2.03 bits per heavy atom. The third kappa shape index (κ3) is 4.81. The second-order valence-corrected chi connectivity index (χ2v) is 8.83. The van der Waals surface area contributed by atoms with Crippen molar-refractivity contribution in [2.24, 2.45) is 0 Å². The maximum atomic E-state index is 13.0. The number of benzene rings is 4. The van der Waals surface area contributed by atoms with Crippen LogP contribution in [0.4, 0.5) is 0 Å². The van der Waals surface area contributed by atoms with Gasteiger partial charge in [0.25, 0.3) is 0 Å². The Balaban J connectivity index is 1.47. The lowest BCUT2D eigenvalue weighted by atomic mass is 9.90. The van der Waals surface area contributed by atoms with Crippen LogP contribution in [0.2, 0.25) is 0 Å². The molecule has 0 amide bonds. The molecule has 4 aromatic rings. The first-order valence-electron chi connectivity index (χ1n) is 11.9. The number of hydrogen-bond acceptors (Lipinski definition) is 6. The summed E-state index contributed by atoms with van der Waals surface area (Å²) < 4.78 is 18.1. The van der Waals surface area contributed by atoms with E-state index < -0.39 is 36.4 Å². The van der Waals surface area contributed by atoms with E-state index in [1.807, 2.05) is 42.5 Å². The number of ether oxygens (including phenoxy) is 3. The van der Waals surface area contributed by atoms with Crippen molar-refractivity contribution in [3.63, 3.8) is 0 Å². The van der Waals surface area contributed by atoms with Crippen LogP contribution in [0.5, 0.6) is 5.75 Å². The average molecular weight is 483 g/mol. The zero-order valence-electron chi connectivity index (χ0n) is 19.7. The summed E-state index contributed by atoms with van der Waals surface area (Å²) in [5.74, 6) is -0.946. The van der Waals surface area contributed by atoms with Crippen LogP contribution in [0.25, 0.3) is 10.8 Å². The summed E-state index contributed by atoms with van der Waals surface area (Å²) in [5, 5.41) is 12.6. The highest BCUT2D eigenvalue weighted by atomic mass is 16.6. The molecule has 1 unspecified atom stereocenters. The smallest absolute Gasteiger partial charge is 0.338 e. The van der Waals surface area contributed by atoms with Gasteiger partial charge in [0.2, 0.25) is 0 Å². The molecule has 6 heteroatoms. The highest BCUT2D eigenvalue weighted by Crippen LogP contribution is 2.42. The minimum absolute atomic E-state index is 0.0961. The number of aromatic hydroxyl groups is 1. The number of phenols is 1. The summed E-state index contributed by atoms with van der Waals surface area (Å²) in [5.41, 5.74) is 1.41. The molecular formula is C30H26O6. The fourth-order valence-corrected chi connectivity index (χ4v) is 4.68. The van der Waals surface area contributed by atoms with E-state index in [1.54, 1.807) is 61.5 Å². The Hall–Kier alpha value is -4.16. The zero-order valence-corrected chi connectivity index (χ0v) is 19.7. The third-order valence-electron chi connectivity index (χ3n) is 6.44. The van der Waals surface area contributed by atoms with E-state index >= 15 is 0 Å². The van der Waals surface area contributed by atoms with E-state index in [1.165, 1.54) is 0 Å². The van der Waals surface area contributed by atoms with Gasteiger partial charge in [-0.1, -0.05) is 66.7 Å². The monoisotopic (exact) mass is 482 g/mol. The molecule has 36 heavy (non-hydrogen) atoms. The van der Waals surface area contributed by atoms with Crippen LogP contribution in [0.15, 0.2) is 97.1 Å². The molecule has 5 rings (SSSR count). The van der Waals surface area contributed by atoms with Crippen molar-refractivity contribution in [2.75, 3.05) is 0 Å². The highest BCUT2D eigenvalue weighted by molar-refractivity contribution is 5.91. The lowest BCUT2D eigenvalue weighted by Crippen LogP contribution is -2.48. The van der Waals surface area contributed by atoms with Crippen LogP contribution in [-0.2, 0) is 14.2 Å². The Bertz CT molecular complexity index is 1370. The standard InChI is InChI=1S/C30H26O6/c1-19-28(36-30(33)22-13-6-3-7-14-22)26(35-29(32)21-11-4-2-5-12-21)18-25(34-19)27-23-15-9-8-10-20(23)16-17-24(27)31/h2-17,19,25-26,28,31H,18H2,1H3/t19-,25?,26+,28-/m1/s1. The van der Waals surface area contributed by atoms with E-state index in [-0.39, 0.29) is 12.2 Å². The zero-order chi connectivity index (χ0) is 25.1. The Labute approximate surface area is 209 Å². The number of phenolic OH excluding ortho intramolecular Hbond substituents is 1. The third-order valence-corrected chi connectivity index (χ3v) is 6.44. The summed E-state index contributed by atoms with van der Waals surface area (Å²) in [6.45, 7) is 1.78. The van der Waals surface area contributed by atoms with Gasteiger partial charge in [0.1, 0.15) is 11.9 Å². The number of carbonyl (C=O) groups is 2. The Morgan fingerprint density at radius 1 is 0.778 bits per heavy atom. The van der Waals surface area contributed by atoms with Gasteiger partial charge >= 0.3 is 11.9 Å². The lowest BCUT2D eigenvalue weighted by Gasteiger charge is -2.40. The molecule has 4 atom stereocenters. The Morgan fingerprint density at radius 2 is 1.36 bits per heavy atom. The molecule has 1 N–H and O–H groups in total. The van der Waals surface area contributed by atoms with Crippen LogP contribution in [0.1, 0.15) is 45.7 Å². The lowest BCUT2D eigenvalue weighted by molar-refractivity contribution is -0.167. The molecule has 0 spiro atoms. The minimum atomic E-state index is -0.835. The summed E-state index contributed by atoms with van der Waals surface area (Å²) in [7, 11) is 0. The molecule has 6 nitrogen and oxygen atoms in total. The molecule has 1 aliphatic rings. The van der Waals surface area contributed by atoms with Gasteiger partial charge in [-0.05, 0) is 48.0 Å². The number of rotatable bonds is 5. The van der Waals surface area contributed by atoms with E-state index in [0.29, 0.717) is 16.7 Å². The molecule has 1 aliphatic heterocycles. The van der Waals surface area contributed by atoms with Gasteiger partial charge in [-0.15, -0.1) is 0 Å². The van der Waals surface area contributed by atoms with E-state index in [4.69, 9.17) is 14.2 Å². The molecule has 0 bridgehead atoms. The van der Waals surface area contributed by atoms with Gasteiger partial charge in [-0.25, -0.2) is 9.59 Å². The van der Waals surface area contributed by atoms with E-state index in [2.05, 4.69) is 0 Å². The number of fused-ring (bicyclic) bond motifs is 1. The van der Waals surface area contributed by atoms with E-state index in [0.717, 1.165) is 10.8 Å². The van der Waals surface area contributed by atoms with Crippen molar-refractivity contribution in [2.45, 2.75) is 37.8 Å². The largest absolute Gasteiger partial charge is 0.508 e. The molecule has 182 valence electrons. The van der Waals surface area contributed by atoms with Crippen molar-refractivity contribution < 1.29 is 28.9 Å². The van der Waals surface area contributed by atoms with Gasteiger partial charge < -0.3 is 19.3 Å². The van der Waals surface area contributed by atoms with Crippen molar-refractivity contribution in [3.8, 4) is 5.75 Å². The summed E-state index contributed by atoms with van der Waals surface area (Å²) in [4.78, 5) is 25.9. The van der Waals surface area contributed by atoms with Crippen molar-refractivity contribution >= 4 is 22.7 Å². The second kappa shape index (κ2) is 10.2. The fourth-order valence-electron chi connectivity index (χ4n) is 4.68. The first kappa shape index (κ1) is 23.6. The first-order valence-corrected chi connectivity index (χ1v) is 11.9. The van der Waals surface area contributed by atoms with Crippen molar-refractivity contribution in [1.82, 2.24) is 0 Å². The van der Waals surface area contributed by atoms with Gasteiger partial charge in [0.15, 0.2) is 6.10 Å². The molecule has 0 aromatic heterocycles. The van der Waals surface area contributed by atoms with Crippen LogP contribution < -0.4 is 0 Å². The van der Waals surface area contributed by atoms with Gasteiger partial charge in [0, 0.05) is 12.0 Å². The van der Waals surface area contributed by atoms with Gasteiger partial charge in [-0.3, -0.25) is 0 Å². The van der Waals surface area contributed by atoms with Crippen LogP contribution >= 0.6 is 0 Å². The maximum Gasteiger partial charge on any atom is 0.338 e. The number of carbonyl (C=O) groups excluding carboxylic acids is 2. The van der Waals surface area contributed by atoms with Crippen molar-refractivity contribution in [3.05, 3.63) is 114 Å². The van der Waals surface area contributed by atoms with E-state index in [9.17, 15) is 14.7 Å². The van der Waals surface area contributed by atoms with Crippen LogP contribution in [0, 0.1) is 0 Å². The molecule has 1 saturated heterocycles. The second-order valence-electron chi connectivity index (χ2n) is 8.83. The fraction of sp³-hybridized carbons (Fsp3) is 0.200. The SMILES string of the molecule is C[C@H]1OC(c2c(O)ccc3ccccc23)C[C@H](OC(=O)c2ccccc2)[C@@H]1OC(=O)c1ccccc1. The number of hydrogen-bond donors (Lipinski definition) is 1. The predicted molar refractivity (Wildman–Crippen MR) is 135 cm³/mol. The molecule has 0 radical (unpaired) electrons. The van der Waals surface area contributed by atoms with Crippen molar-refractivity contribution in [1.29, 1.82) is 0 Å². The van der Waals surface area contributed by atoms with Gasteiger partial charge in [0.05, 0.1) is 23.3 Å². The topological polar surface area (TPSA) is 82.1 Å². The average Bonchev–Trinajstić information content (AvgIpc) is 2.91. The molecule has 4 aromatic carbocycles. The molecule has 1 heterocycles. The number of esters is 2. The predicted octanol–water partition coefficient (Wildman–Crippen LogP) is 5.85. The summed E-state index contributed by atoms with van der Waals surface area (Å²) in [6.07, 6.45) is -2.61. The van der Waals surface area contributed by atoms with Crippen LogP contribution in [0.3, 0.4) is 0 Å².